The summed E-state index contributed by atoms with van der Waals surface area (Å²) in [5.74, 6) is 0.666. The van der Waals surface area contributed by atoms with Crippen LogP contribution in [0.15, 0.2) is 18.2 Å². The molecule has 8 nitrogen and oxygen atoms in total. The van der Waals surface area contributed by atoms with Gasteiger partial charge in [-0.1, -0.05) is 26.2 Å². The summed E-state index contributed by atoms with van der Waals surface area (Å²) >= 11 is 0. The molecule has 1 aromatic carbocycles. The number of fused-ring (bicyclic) bond motifs is 1. The molecule has 39 heavy (non-hydrogen) atoms. The number of benzene rings is 1. The highest BCUT2D eigenvalue weighted by Crippen LogP contribution is 2.30. The molecule has 220 valence electrons. The van der Waals surface area contributed by atoms with Gasteiger partial charge >= 0.3 is 0 Å². The highest BCUT2D eigenvalue weighted by atomic mass is 16.5. The minimum Gasteiger partial charge on any atom is -0.490 e. The van der Waals surface area contributed by atoms with Crippen LogP contribution in [-0.4, -0.2) is 92.4 Å². The molecule has 2 amide bonds. The summed E-state index contributed by atoms with van der Waals surface area (Å²) in [6, 6.07) is 5.34. The molecule has 0 saturated heterocycles. The quantitative estimate of drug-likeness (QED) is 0.563. The van der Waals surface area contributed by atoms with Crippen LogP contribution in [0.4, 0.5) is 5.69 Å². The number of rotatable bonds is 6. The molecule has 1 saturated carbocycles. The van der Waals surface area contributed by atoms with Gasteiger partial charge in [-0.25, -0.2) is 0 Å². The van der Waals surface area contributed by atoms with Crippen molar-refractivity contribution in [3.63, 3.8) is 0 Å². The van der Waals surface area contributed by atoms with E-state index in [2.05, 4.69) is 6.92 Å². The molecule has 0 radical (unpaired) electrons. The van der Waals surface area contributed by atoms with Crippen LogP contribution in [0.25, 0.3) is 0 Å². The smallest absolute Gasteiger partial charge is 0.258 e. The van der Waals surface area contributed by atoms with Crippen LogP contribution in [0.3, 0.4) is 0 Å². The molecule has 1 aromatic rings. The van der Waals surface area contributed by atoms with E-state index in [-0.39, 0.29) is 48.5 Å². The summed E-state index contributed by atoms with van der Waals surface area (Å²) < 4.78 is 12.7. The lowest BCUT2D eigenvalue weighted by atomic mass is 9.88. The average molecular weight is 546 g/mol. The molecule has 1 aliphatic carbocycles. The first kappa shape index (κ1) is 31.2. The van der Waals surface area contributed by atoms with Crippen molar-refractivity contribution in [3.8, 4) is 5.75 Å². The van der Waals surface area contributed by atoms with E-state index in [0.717, 1.165) is 50.6 Å². The van der Waals surface area contributed by atoms with Crippen molar-refractivity contribution in [1.29, 1.82) is 0 Å². The van der Waals surface area contributed by atoms with Gasteiger partial charge in [-0.2, -0.15) is 0 Å². The number of hydrogen-bond donors (Lipinski definition) is 1. The summed E-state index contributed by atoms with van der Waals surface area (Å²) in [6.45, 7) is 7.32. The van der Waals surface area contributed by atoms with Gasteiger partial charge in [0.05, 0.1) is 30.4 Å². The molecular formula is C31H51N3O5. The van der Waals surface area contributed by atoms with Crippen LogP contribution in [0.2, 0.25) is 0 Å². The topological polar surface area (TPSA) is 82.6 Å². The monoisotopic (exact) mass is 545 g/mol. The number of ether oxygens (including phenoxy) is 2. The summed E-state index contributed by atoms with van der Waals surface area (Å²) in [7, 11) is 5.78. The van der Waals surface area contributed by atoms with Crippen LogP contribution in [0, 0.1) is 11.8 Å². The maximum atomic E-state index is 14.1. The largest absolute Gasteiger partial charge is 0.490 e. The molecule has 3 rings (SSSR count). The van der Waals surface area contributed by atoms with Gasteiger partial charge in [-0.05, 0) is 64.2 Å². The minimum atomic E-state index is -0.386. The first-order valence-corrected chi connectivity index (χ1v) is 14.9. The number of carbonyl (C=O) groups excluding carboxylic acids is 2. The Labute approximate surface area is 235 Å². The standard InChI is InChI=1S/C31H51N3O5/c1-22-19-34(23(2)21-35)31(37)27-18-26(32(4)5)15-16-28(27)39-24(3)12-10-11-17-38-29(22)20-33(6)30(36)25-13-8-7-9-14-25/h15-16,18,22-25,29,35H,7-14,17,19-21H2,1-6H3/t22-,23+,24+,29+/m1/s1. The van der Waals surface area contributed by atoms with Crippen molar-refractivity contribution >= 4 is 17.5 Å². The summed E-state index contributed by atoms with van der Waals surface area (Å²) in [6.07, 6.45) is 7.83. The summed E-state index contributed by atoms with van der Waals surface area (Å²) in [5.41, 5.74) is 1.41. The zero-order valence-corrected chi connectivity index (χ0v) is 25.0. The molecule has 0 unspecified atom stereocenters. The fourth-order valence-electron chi connectivity index (χ4n) is 5.67. The third-order valence-corrected chi connectivity index (χ3v) is 8.34. The van der Waals surface area contributed by atoms with Crippen molar-refractivity contribution in [2.24, 2.45) is 11.8 Å². The van der Waals surface area contributed by atoms with Gasteiger partial charge in [0, 0.05) is 58.4 Å². The van der Waals surface area contributed by atoms with E-state index in [1.807, 2.05) is 63.0 Å². The van der Waals surface area contributed by atoms with Gasteiger partial charge in [-0.3, -0.25) is 9.59 Å². The lowest BCUT2D eigenvalue weighted by Crippen LogP contribution is -2.48. The highest BCUT2D eigenvalue weighted by Gasteiger charge is 2.32. The van der Waals surface area contributed by atoms with Crippen molar-refractivity contribution in [3.05, 3.63) is 23.8 Å². The number of carbonyl (C=O) groups is 2. The second-order valence-corrected chi connectivity index (χ2v) is 11.9. The van der Waals surface area contributed by atoms with Gasteiger partial charge < -0.3 is 29.3 Å². The minimum absolute atomic E-state index is 0.0483. The lowest BCUT2D eigenvalue weighted by molar-refractivity contribution is -0.137. The Morgan fingerprint density at radius 2 is 1.77 bits per heavy atom. The SMILES string of the molecule is C[C@@H]1CN([C@@H](C)CO)C(=O)c2cc(N(C)C)ccc2O[C@@H](C)CCCCO[C@H]1CN(C)C(=O)C1CCCCC1. The molecule has 1 heterocycles. The number of aliphatic hydroxyl groups excluding tert-OH is 1. The normalized spacial score (nSPS) is 24.7. The van der Waals surface area contributed by atoms with Crippen molar-refractivity contribution < 1.29 is 24.2 Å². The maximum Gasteiger partial charge on any atom is 0.258 e. The zero-order chi connectivity index (χ0) is 28.5. The Balaban J connectivity index is 1.89. The molecule has 0 aromatic heterocycles. The highest BCUT2D eigenvalue weighted by molar-refractivity contribution is 5.98. The molecule has 0 spiro atoms. The second kappa shape index (κ2) is 14.9. The van der Waals surface area contributed by atoms with Crippen LogP contribution in [-0.2, 0) is 9.53 Å². The van der Waals surface area contributed by atoms with E-state index < -0.39 is 0 Å². The fraction of sp³-hybridized carbons (Fsp3) is 0.742. The van der Waals surface area contributed by atoms with Crippen molar-refractivity contribution in [2.75, 3.05) is 52.3 Å². The summed E-state index contributed by atoms with van der Waals surface area (Å²) in [5, 5.41) is 10.1. The van der Waals surface area contributed by atoms with Crippen LogP contribution < -0.4 is 9.64 Å². The first-order valence-electron chi connectivity index (χ1n) is 14.9. The first-order chi connectivity index (χ1) is 18.6. The Kier molecular flexibility index (Phi) is 11.9. The van der Waals surface area contributed by atoms with Gasteiger partial charge in [0.25, 0.3) is 5.91 Å². The number of likely N-dealkylation sites (N-methyl/N-ethyl adjacent to an activating group) is 1. The molecule has 4 atom stereocenters. The third kappa shape index (κ3) is 8.58. The van der Waals surface area contributed by atoms with Crippen LogP contribution >= 0.6 is 0 Å². The summed E-state index contributed by atoms with van der Waals surface area (Å²) in [4.78, 5) is 32.9. The van der Waals surface area contributed by atoms with Crippen LogP contribution in [0.5, 0.6) is 5.75 Å². The van der Waals surface area contributed by atoms with Gasteiger partial charge in [0.15, 0.2) is 0 Å². The van der Waals surface area contributed by atoms with E-state index in [1.165, 1.54) is 6.42 Å². The number of nitrogens with zero attached hydrogens (tertiary/aromatic N) is 3. The predicted molar refractivity (Wildman–Crippen MR) is 155 cm³/mol. The number of aliphatic hydroxyl groups is 1. The molecular weight excluding hydrogens is 494 g/mol. The van der Waals surface area contributed by atoms with E-state index >= 15 is 0 Å². The molecule has 1 aliphatic heterocycles. The Hall–Kier alpha value is -2.32. The number of amides is 2. The average Bonchev–Trinajstić information content (AvgIpc) is 2.93. The molecule has 8 heteroatoms. The molecule has 1 fully saturated rings. The second-order valence-electron chi connectivity index (χ2n) is 11.9. The van der Waals surface area contributed by atoms with E-state index in [4.69, 9.17) is 9.47 Å². The Morgan fingerprint density at radius 1 is 1.08 bits per heavy atom. The molecule has 2 aliphatic rings. The Morgan fingerprint density at radius 3 is 2.44 bits per heavy atom. The van der Waals surface area contributed by atoms with Crippen molar-refractivity contribution in [1.82, 2.24) is 9.80 Å². The van der Waals surface area contributed by atoms with Gasteiger partial charge in [0.2, 0.25) is 5.91 Å². The van der Waals surface area contributed by atoms with Crippen LogP contribution in [0.1, 0.15) is 82.5 Å². The number of anilines is 1. The van der Waals surface area contributed by atoms with E-state index in [9.17, 15) is 14.7 Å². The zero-order valence-electron chi connectivity index (χ0n) is 25.0. The van der Waals surface area contributed by atoms with Crippen molar-refractivity contribution in [2.45, 2.75) is 90.4 Å². The molecule has 0 bridgehead atoms. The Bertz CT molecular complexity index is 933. The fourth-order valence-corrected chi connectivity index (χ4v) is 5.67. The molecule has 1 N–H and O–H groups in total. The lowest BCUT2D eigenvalue weighted by Gasteiger charge is -2.36. The van der Waals surface area contributed by atoms with Gasteiger partial charge in [-0.15, -0.1) is 0 Å². The van der Waals surface area contributed by atoms with E-state index in [0.29, 0.717) is 31.0 Å². The third-order valence-electron chi connectivity index (χ3n) is 8.34. The van der Waals surface area contributed by atoms with Gasteiger partial charge in [0.1, 0.15) is 5.75 Å². The van der Waals surface area contributed by atoms with E-state index in [1.54, 1.807) is 4.90 Å². The predicted octanol–water partition coefficient (Wildman–Crippen LogP) is 4.59. The maximum absolute atomic E-state index is 14.1. The number of hydrogen-bond acceptors (Lipinski definition) is 6.